The molecule has 0 N–H and O–H groups in total. The molecule has 1 rings (SSSR count). The molecule has 4 heteroatoms. The van der Waals surface area contributed by atoms with E-state index in [4.69, 9.17) is 11.6 Å². The Morgan fingerprint density at radius 2 is 1.54 bits per heavy atom. The standard InChI is InChI=1S/C7H4ClF3.C2H6/c1-3-2-4(9)7(11)5(8)6(3)10;1-2/h2H,1H3;1-2H3. The Kier molecular flexibility index (Phi) is 4.85. The van der Waals surface area contributed by atoms with Crippen LogP contribution in [0, 0.1) is 24.4 Å². The molecule has 0 atom stereocenters. The van der Waals surface area contributed by atoms with E-state index in [1.54, 1.807) is 0 Å². The molecule has 0 saturated heterocycles. The number of aryl methyl sites for hydroxylation is 1. The van der Waals surface area contributed by atoms with Crippen molar-refractivity contribution in [3.63, 3.8) is 0 Å². The summed E-state index contributed by atoms with van der Waals surface area (Å²) >= 11 is 5.10. The lowest BCUT2D eigenvalue weighted by Crippen LogP contribution is -1.92. The van der Waals surface area contributed by atoms with Crippen molar-refractivity contribution in [1.29, 1.82) is 0 Å². The van der Waals surface area contributed by atoms with E-state index in [9.17, 15) is 13.2 Å². The number of hydrogen-bond acceptors (Lipinski definition) is 0. The molecule has 0 aromatic heterocycles. The molecule has 0 aliphatic heterocycles. The van der Waals surface area contributed by atoms with Crippen molar-refractivity contribution in [2.24, 2.45) is 0 Å². The predicted molar refractivity (Wildman–Crippen MR) is 47.4 cm³/mol. The van der Waals surface area contributed by atoms with Crippen LogP contribution in [0.5, 0.6) is 0 Å². The third kappa shape index (κ3) is 2.62. The Morgan fingerprint density at radius 3 is 2.00 bits per heavy atom. The first-order valence-corrected chi connectivity index (χ1v) is 4.21. The summed E-state index contributed by atoms with van der Waals surface area (Å²) in [5.74, 6) is -3.38. The van der Waals surface area contributed by atoms with Crippen LogP contribution in [0.4, 0.5) is 13.2 Å². The molecular formula is C9H10ClF3. The van der Waals surface area contributed by atoms with Crippen molar-refractivity contribution >= 4 is 11.6 Å². The van der Waals surface area contributed by atoms with Gasteiger partial charge in [-0.05, 0) is 18.6 Å². The van der Waals surface area contributed by atoms with Crippen LogP contribution in [-0.2, 0) is 0 Å². The molecule has 0 aliphatic rings. The summed E-state index contributed by atoms with van der Waals surface area (Å²) in [5.41, 5.74) is -0.00565. The van der Waals surface area contributed by atoms with Crippen LogP contribution in [0.2, 0.25) is 5.02 Å². The van der Waals surface area contributed by atoms with E-state index < -0.39 is 22.5 Å². The second-order valence-electron chi connectivity index (χ2n) is 2.12. The fourth-order valence-electron chi connectivity index (χ4n) is 0.691. The largest absolute Gasteiger partial charge is 0.205 e. The summed E-state index contributed by atoms with van der Waals surface area (Å²) in [7, 11) is 0. The second-order valence-corrected chi connectivity index (χ2v) is 2.50. The molecule has 74 valence electrons. The van der Waals surface area contributed by atoms with Gasteiger partial charge in [0, 0.05) is 0 Å². The zero-order valence-electron chi connectivity index (χ0n) is 7.59. The first-order valence-electron chi connectivity index (χ1n) is 3.83. The molecule has 0 fully saturated rings. The normalized spacial score (nSPS) is 9.15. The molecule has 0 saturated carbocycles. The van der Waals surface area contributed by atoms with Crippen molar-refractivity contribution in [2.45, 2.75) is 20.8 Å². The highest BCUT2D eigenvalue weighted by Gasteiger charge is 2.13. The summed E-state index contributed by atoms with van der Waals surface area (Å²) in [6.45, 7) is 5.31. The summed E-state index contributed by atoms with van der Waals surface area (Å²) in [4.78, 5) is 0. The average Bonchev–Trinajstić information content (AvgIpc) is 2.15. The number of halogens is 4. The Morgan fingerprint density at radius 1 is 1.08 bits per heavy atom. The minimum Gasteiger partial charge on any atom is -0.205 e. The Bertz CT molecular complexity index is 271. The molecule has 0 unspecified atom stereocenters. The van der Waals surface area contributed by atoms with E-state index >= 15 is 0 Å². The van der Waals surface area contributed by atoms with Gasteiger partial charge in [0.05, 0.1) is 0 Å². The highest BCUT2D eigenvalue weighted by Crippen LogP contribution is 2.23. The summed E-state index contributed by atoms with van der Waals surface area (Å²) in [6, 6.07) is 0.760. The van der Waals surface area contributed by atoms with Crippen LogP contribution >= 0.6 is 11.6 Å². The predicted octanol–water partition coefficient (Wildman–Crippen LogP) is 4.09. The lowest BCUT2D eigenvalue weighted by Gasteiger charge is -2.00. The lowest BCUT2D eigenvalue weighted by atomic mass is 10.2. The van der Waals surface area contributed by atoms with E-state index in [-0.39, 0.29) is 5.56 Å². The SMILES string of the molecule is CC.Cc1cc(F)c(F)c(Cl)c1F. The highest BCUT2D eigenvalue weighted by molar-refractivity contribution is 6.30. The average molecular weight is 211 g/mol. The Labute approximate surface area is 80.3 Å². The van der Waals surface area contributed by atoms with Crippen molar-refractivity contribution in [3.8, 4) is 0 Å². The molecule has 0 heterocycles. The first kappa shape index (κ1) is 12.3. The first-order chi connectivity index (χ1) is 6.04. The van der Waals surface area contributed by atoms with Gasteiger partial charge in [0.15, 0.2) is 11.6 Å². The maximum atomic E-state index is 12.6. The van der Waals surface area contributed by atoms with Gasteiger partial charge in [-0.2, -0.15) is 0 Å². The zero-order valence-corrected chi connectivity index (χ0v) is 8.35. The Balaban J connectivity index is 0.000000671. The summed E-state index contributed by atoms with van der Waals surface area (Å²) in [5, 5.41) is -0.789. The van der Waals surface area contributed by atoms with Gasteiger partial charge in [-0.3, -0.25) is 0 Å². The lowest BCUT2D eigenvalue weighted by molar-refractivity contribution is 0.493. The van der Waals surface area contributed by atoms with Gasteiger partial charge in [-0.1, -0.05) is 25.4 Å². The number of rotatable bonds is 0. The van der Waals surface area contributed by atoms with E-state index in [1.165, 1.54) is 6.92 Å². The Hall–Kier alpha value is -0.700. The third-order valence-corrected chi connectivity index (χ3v) is 1.62. The van der Waals surface area contributed by atoms with E-state index in [0.29, 0.717) is 0 Å². The van der Waals surface area contributed by atoms with Crippen LogP contribution in [0.3, 0.4) is 0 Å². The van der Waals surface area contributed by atoms with Crippen molar-refractivity contribution in [2.75, 3.05) is 0 Å². The number of benzene rings is 1. The van der Waals surface area contributed by atoms with Gasteiger partial charge >= 0.3 is 0 Å². The van der Waals surface area contributed by atoms with Crippen molar-refractivity contribution in [3.05, 3.63) is 34.1 Å². The van der Waals surface area contributed by atoms with Gasteiger partial charge < -0.3 is 0 Å². The van der Waals surface area contributed by atoms with Crippen LogP contribution < -0.4 is 0 Å². The van der Waals surface area contributed by atoms with Gasteiger partial charge in [0.1, 0.15) is 10.8 Å². The van der Waals surface area contributed by atoms with Crippen molar-refractivity contribution < 1.29 is 13.2 Å². The smallest absolute Gasteiger partial charge is 0.180 e. The monoisotopic (exact) mass is 210 g/mol. The van der Waals surface area contributed by atoms with Gasteiger partial charge in [-0.25, -0.2) is 13.2 Å². The molecule has 0 nitrogen and oxygen atoms in total. The maximum absolute atomic E-state index is 12.6. The fourth-order valence-corrected chi connectivity index (χ4v) is 0.930. The highest BCUT2D eigenvalue weighted by atomic mass is 35.5. The van der Waals surface area contributed by atoms with Crippen LogP contribution in [0.1, 0.15) is 19.4 Å². The second kappa shape index (κ2) is 5.12. The summed E-state index contributed by atoms with van der Waals surface area (Å²) in [6.07, 6.45) is 0. The van der Waals surface area contributed by atoms with Crippen LogP contribution in [0.15, 0.2) is 6.07 Å². The molecule has 0 radical (unpaired) electrons. The third-order valence-electron chi connectivity index (χ3n) is 1.28. The van der Waals surface area contributed by atoms with E-state index in [0.717, 1.165) is 6.07 Å². The molecule has 0 aliphatic carbocycles. The zero-order chi connectivity index (χ0) is 10.6. The van der Waals surface area contributed by atoms with Crippen molar-refractivity contribution in [1.82, 2.24) is 0 Å². The quantitative estimate of drug-likeness (QED) is 0.447. The van der Waals surface area contributed by atoms with Gasteiger partial charge in [0.25, 0.3) is 0 Å². The summed E-state index contributed by atoms with van der Waals surface area (Å²) < 4.78 is 37.5. The topological polar surface area (TPSA) is 0 Å². The molecule has 1 aromatic carbocycles. The molecule has 0 spiro atoms. The van der Waals surface area contributed by atoms with E-state index in [1.807, 2.05) is 13.8 Å². The maximum Gasteiger partial charge on any atom is 0.180 e. The minimum atomic E-state index is -1.34. The molecular weight excluding hydrogens is 201 g/mol. The fraction of sp³-hybridized carbons (Fsp3) is 0.333. The number of hydrogen-bond donors (Lipinski definition) is 0. The molecule has 1 aromatic rings. The molecule has 0 amide bonds. The van der Waals surface area contributed by atoms with Crippen LogP contribution in [-0.4, -0.2) is 0 Å². The van der Waals surface area contributed by atoms with Gasteiger partial charge in [-0.15, -0.1) is 0 Å². The minimum absolute atomic E-state index is 0.00565. The van der Waals surface area contributed by atoms with Gasteiger partial charge in [0.2, 0.25) is 0 Å². The molecule has 0 bridgehead atoms. The van der Waals surface area contributed by atoms with Crippen LogP contribution in [0.25, 0.3) is 0 Å². The van der Waals surface area contributed by atoms with E-state index in [2.05, 4.69) is 0 Å². The molecule has 13 heavy (non-hydrogen) atoms.